The van der Waals surface area contributed by atoms with Crippen molar-refractivity contribution < 1.29 is 27.5 Å². The minimum Gasteiger partial charge on any atom is -0.480 e. The fraction of sp³-hybridized carbons (Fsp3) is 0.375. The Kier molecular flexibility index (Phi) is 11.2. The zero-order valence-electron chi connectivity index (χ0n) is 29.4. The molecule has 260 valence electrons. The molecule has 7 nitrogen and oxygen atoms in total. The van der Waals surface area contributed by atoms with Gasteiger partial charge < -0.3 is 14.3 Å². The van der Waals surface area contributed by atoms with Gasteiger partial charge in [-0.3, -0.25) is 4.79 Å². The summed E-state index contributed by atoms with van der Waals surface area (Å²) in [6, 6.07) is 35.6. The Bertz CT molecular complexity index is 1790. The standard InChI is InChI=1S/C40H49NO6SSi/c1-29-26-31(30-22-24-41(25-23-30)48(44,45)40(5,6)38(42)43)20-21-36(29)32-14-13-15-33(27-32)46-37(28-39(2,3)4)47-49(34-16-9-7-10-17-34)35-18-11-8-12-19-35/h7-21,26-27,30,37,49H,22-25,28H2,1-6H3,(H,42,43). The van der Waals surface area contributed by atoms with Crippen LogP contribution in [-0.4, -0.2) is 57.0 Å². The lowest BCUT2D eigenvalue weighted by atomic mass is 9.87. The van der Waals surface area contributed by atoms with E-state index in [0.717, 1.165) is 28.9 Å². The number of sulfonamides is 1. The number of carbonyl (C=O) groups is 1. The van der Waals surface area contributed by atoms with Crippen molar-refractivity contribution in [3.63, 3.8) is 0 Å². The number of hydrogen-bond donors (Lipinski definition) is 1. The fourth-order valence-electron chi connectivity index (χ4n) is 6.39. The third-order valence-corrected chi connectivity index (χ3v) is 14.4. The molecule has 4 aromatic carbocycles. The van der Waals surface area contributed by atoms with Gasteiger partial charge in [-0.15, -0.1) is 0 Å². The predicted octanol–water partition coefficient (Wildman–Crippen LogP) is 6.73. The summed E-state index contributed by atoms with van der Waals surface area (Å²) < 4.78 is 39.2. The van der Waals surface area contributed by atoms with E-state index >= 15 is 0 Å². The molecule has 4 aromatic rings. The van der Waals surface area contributed by atoms with Crippen molar-refractivity contribution in [2.75, 3.05) is 13.1 Å². The molecule has 1 saturated heterocycles. The average molecular weight is 700 g/mol. The molecule has 1 fully saturated rings. The maximum atomic E-state index is 13.0. The molecule has 0 aliphatic carbocycles. The number of aliphatic carboxylic acids is 1. The Morgan fingerprint density at radius 2 is 1.45 bits per heavy atom. The number of carboxylic acid groups (broad SMARTS) is 1. The third-order valence-electron chi connectivity index (χ3n) is 9.36. The van der Waals surface area contributed by atoms with Crippen LogP contribution in [0, 0.1) is 12.3 Å². The minimum atomic E-state index is -3.96. The Hall–Kier alpha value is -3.76. The number of benzene rings is 4. The SMILES string of the molecule is Cc1cc(C2CCN(S(=O)(=O)C(C)(C)C(=O)O)CC2)ccc1-c1cccc(OC(CC(C)(C)C)O[SiH](c2ccccc2)c2ccccc2)c1. The molecule has 49 heavy (non-hydrogen) atoms. The van der Waals surface area contributed by atoms with Crippen LogP contribution in [0.2, 0.25) is 0 Å². The van der Waals surface area contributed by atoms with Crippen LogP contribution in [0.25, 0.3) is 11.1 Å². The van der Waals surface area contributed by atoms with Crippen LogP contribution in [-0.2, 0) is 19.2 Å². The molecule has 0 radical (unpaired) electrons. The van der Waals surface area contributed by atoms with E-state index in [1.165, 1.54) is 34.1 Å². The first-order valence-corrected chi connectivity index (χ1v) is 20.1. The average Bonchev–Trinajstić information content (AvgIpc) is 3.07. The van der Waals surface area contributed by atoms with Crippen LogP contribution in [0.1, 0.15) is 70.9 Å². The van der Waals surface area contributed by atoms with Gasteiger partial charge in [-0.05, 0) is 89.7 Å². The molecule has 0 amide bonds. The van der Waals surface area contributed by atoms with Crippen LogP contribution in [0.5, 0.6) is 5.75 Å². The lowest BCUT2D eigenvalue weighted by Crippen LogP contribution is -2.51. The number of rotatable bonds is 12. The number of carboxylic acids is 1. The molecular formula is C40H49NO6SSi. The van der Waals surface area contributed by atoms with E-state index in [1.54, 1.807) is 0 Å². The van der Waals surface area contributed by atoms with Gasteiger partial charge in [0.2, 0.25) is 19.1 Å². The summed E-state index contributed by atoms with van der Waals surface area (Å²) in [7, 11) is -6.01. The van der Waals surface area contributed by atoms with Crippen molar-refractivity contribution in [3.05, 3.63) is 114 Å². The van der Waals surface area contributed by atoms with Gasteiger partial charge in [0, 0.05) is 19.5 Å². The van der Waals surface area contributed by atoms with E-state index in [2.05, 4.69) is 107 Å². The van der Waals surface area contributed by atoms with E-state index in [0.29, 0.717) is 25.9 Å². The van der Waals surface area contributed by atoms with Gasteiger partial charge in [0.05, 0.1) is 0 Å². The molecule has 0 saturated carbocycles. The fourth-order valence-corrected chi connectivity index (χ4v) is 10.2. The maximum Gasteiger partial charge on any atom is 0.325 e. The molecule has 1 heterocycles. The van der Waals surface area contributed by atoms with Gasteiger partial charge in [0.15, 0.2) is 11.0 Å². The summed E-state index contributed by atoms with van der Waals surface area (Å²) in [5.41, 5.74) is 4.42. The van der Waals surface area contributed by atoms with Gasteiger partial charge in [0.25, 0.3) is 0 Å². The van der Waals surface area contributed by atoms with Gasteiger partial charge in [-0.25, -0.2) is 12.7 Å². The van der Waals surface area contributed by atoms with Gasteiger partial charge in [-0.2, -0.15) is 0 Å². The van der Waals surface area contributed by atoms with Crippen molar-refractivity contribution in [3.8, 4) is 16.9 Å². The number of ether oxygens (including phenoxy) is 1. The predicted molar refractivity (Wildman–Crippen MR) is 200 cm³/mol. The maximum absolute atomic E-state index is 13.0. The first-order chi connectivity index (χ1) is 23.2. The molecular weight excluding hydrogens is 651 g/mol. The highest BCUT2D eigenvalue weighted by atomic mass is 32.2. The smallest absolute Gasteiger partial charge is 0.325 e. The van der Waals surface area contributed by atoms with Crippen LogP contribution in [0.4, 0.5) is 0 Å². The van der Waals surface area contributed by atoms with Crippen LogP contribution < -0.4 is 15.1 Å². The molecule has 1 aliphatic rings. The van der Waals surface area contributed by atoms with Crippen molar-refractivity contribution in [2.45, 2.75) is 77.8 Å². The van der Waals surface area contributed by atoms with Gasteiger partial charge in [0.1, 0.15) is 5.75 Å². The monoisotopic (exact) mass is 699 g/mol. The molecule has 0 aromatic heterocycles. The quantitative estimate of drug-likeness (QED) is 0.130. The largest absolute Gasteiger partial charge is 0.480 e. The van der Waals surface area contributed by atoms with Crippen molar-refractivity contribution in [1.29, 1.82) is 0 Å². The zero-order valence-corrected chi connectivity index (χ0v) is 31.4. The summed E-state index contributed by atoms with van der Waals surface area (Å²) >= 11 is 0. The van der Waals surface area contributed by atoms with Crippen LogP contribution in [0.3, 0.4) is 0 Å². The number of piperidine rings is 1. The van der Waals surface area contributed by atoms with E-state index in [9.17, 15) is 18.3 Å². The Morgan fingerprint density at radius 3 is 1.98 bits per heavy atom. The van der Waals surface area contributed by atoms with E-state index in [-0.39, 0.29) is 11.3 Å². The number of hydrogen-bond acceptors (Lipinski definition) is 5. The molecule has 1 unspecified atom stereocenters. The third kappa shape index (κ3) is 8.70. The second-order valence-electron chi connectivity index (χ2n) is 14.7. The molecule has 1 atom stereocenters. The van der Waals surface area contributed by atoms with E-state index in [4.69, 9.17) is 9.16 Å². The second kappa shape index (κ2) is 15.0. The van der Waals surface area contributed by atoms with Gasteiger partial charge in [-0.1, -0.05) is 112 Å². The van der Waals surface area contributed by atoms with E-state index < -0.39 is 36.1 Å². The molecule has 0 bridgehead atoms. The number of aryl methyl sites for hydroxylation is 1. The topological polar surface area (TPSA) is 93.1 Å². The zero-order chi connectivity index (χ0) is 35.4. The normalized spacial score (nSPS) is 15.7. The lowest BCUT2D eigenvalue weighted by Gasteiger charge is -2.35. The summed E-state index contributed by atoms with van der Waals surface area (Å²) in [4.78, 5) is 11.6. The highest BCUT2D eigenvalue weighted by molar-refractivity contribution is 7.91. The van der Waals surface area contributed by atoms with Crippen LogP contribution >= 0.6 is 0 Å². The van der Waals surface area contributed by atoms with Crippen molar-refractivity contribution >= 4 is 35.4 Å². The highest BCUT2D eigenvalue weighted by Crippen LogP contribution is 2.35. The first-order valence-electron chi connectivity index (χ1n) is 17.0. The Balaban J connectivity index is 1.33. The Morgan fingerprint density at radius 1 is 0.857 bits per heavy atom. The molecule has 1 N–H and O–H groups in total. The molecule has 5 rings (SSSR count). The summed E-state index contributed by atoms with van der Waals surface area (Å²) in [6.45, 7) is 11.8. The van der Waals surface area contributed by atoms with Crippen molar-refractivity contribution in [1.82, 2.24) is 4.31 Å². The minimum absolute atomic E-state index is 0.0200. The highest BCUT2D eigenvalue weighted by Gasteiger charge is 2.46. The summed E-state index contributed by atoms with van der Waals surface area (Å²) in [5, 5.41) is 11.9. The molecule has 0 spiro atoms. The molecule has 9 heteroatoms. The number of nitrogens with zero attached hydrogens (tertiary/aromatic N) is 1. The lowest BCUT2D eigenvalue weighted by molar-refractivity contribution is -0.139. The van der Waals surface area contributed by atoms with Crippen molar-refractivity contribution in [2.24, 2.45) is 5.41 Å². The Labute approximate surface area is 293 Å². The second-order valence-corrected chi connectivity index (χ2v) is 19.6. The first kappa shape index (κ1) is 36.5. The molecule has 1 aliphatic heterocycles. The van der Waals surface area contributed by atoms with E-state index in [1.807, 2.05) is 24.3 Å². The van der Waals surface area contributed by atoms with Gasteiger partial charge >= 0.3 is 5.97 Å². The van der Waals surface area contributed by atoms with Crippen LogP contribution in [0.15, 0.2) is 103 Å². The summed E-state index contributed by atoms with van der Waals surface area (Å²) in [6.07, 6.45) is 1.57. The summed E-state index contributed by atoms with van der Waals surface area (Å²) in [5.74, 6) is -0.386.